The van der Waals surface area contributed by atoms with Crippen LogP contribution in [0.2, 0.25) is 0 Å². The van der Waals surface area contributed by atoms with Crippen LogP contribution in [0.5, 0.6) is 11.5 Å². The number of methoxy groups -OCH3 is 1. The molecule has 1 heterocycles. The SMILES string of the molecule is COc1cccc(C2/C(=C(\O)c3ccc(OC(C)C)c(C)c3)C(=O)C(=O)N2Cc2cccc(C(F)(F)F)c2)c1. The highest BCUT2D eigenvalue weighted by Gasteiger charge is 2.46. The van der Waals surface area contributed by atoms with Crippen molar-refractivity contribution in [3.63, 3.8) is 0 Å². The normalized spacial score (nSPS) is 17.1. The van der Waals surface area contributed by atoms with Gasteiger partial charge >= 0.3 is 6.18 Å². The number of amides is 1. The van der Waals surface area contributed by atoms with Crippen molar-refractivity contribution in [3.05, 3.63) is 100 Å². The summed E-state index contributed by atoms with van der Waals surface area (Å²) in [6.45, 7) is 5.27. The first-order chi connectivity index (χ1) is 18.4. The molecular weight excluding hydrogens is 511 g/mol. The third-order valence-electron chi connectivity index (χ3n) is 6.37. The van der Waals surface area contributed by atoms with E-state index in [0.29, 0.717) is 28.2 Å². The van der Waals surface area contributed by atoms with E-state index in [0.717, 1.165) is 12.1 Å². The molecule has 1 fully saturated rings. The molecule has 0 aromatic heterocycles. The molecule has 0 radical (unpaired) electrons. The lowest BCUT2D eigenvalue weighted by atomic mass is 9.94. The summed E-state index contributed by atoms with van der Waals surface area (Å²) in [4.78, 5) is 27.8. The third-order valence-corrected chi connectivity index (χ3v) is 6.37. The Morgan fingerprint density at radius 2 is 1.74 bits per heavy atom. The summed E-state index contributed by atoms with van der Waals surface area (Å²) in [5.74, 6) is -1.21. The predicted octanol–water partition coefficient (Wildman–Crippen LogP) is 6.43. The molecule has 0 saturated carbocycles. The Morgan fingerprint density at radius 1 is 1.03 bits per heavy atom. The van der Waals surface area contributed by atoms with Crippen LogP contribution in [-0.2, 0) is 22.3 Å². The Kier molecular flexibility index (Phi) is 7.72. The summed E-state index contributed by atoms with van der Waals surface area (Å²) in [5, 5.41) is 11.4. The number of aliphatic hydroxyl groups excluding tert-OH is 1. The molecule has 1 aliphatic rings. The number of ketones is 1. The zero-order valence-electron chi connectivity index (χ0n) is 21.9. The van der Waals surface area contributed by atoms with Gasteiger partial charge in [0.2, 0.25) is 0 Å². The number of carbonyl (C=O) groups excluding carboxylic acids is 2. The Morgan fingerprint density at radius 3 is 2.38 bits per heavy atom. The van der Waals surface area contributed by atoms with Gasteiger partial charge in [-0.05, 0) is 79.9 Å². The third kappa shape index (κ3) is 5.77. The van der Waals surface area contributed by atoms with Crippen molar-refractivity contribution in [1.82, 2.24) is 4.90 Å². The van der Waals surface area contributed by atoms with Crippen LogP contribution in [-0.4, -0.2) is 34.9 Å². The van der Waals surface area contributed by atoms with Gasteiger partial charge in [-0.1, -0.05) is 24.3 Å². The van der Waals surface area contributed by atoms with Crippen LogP contribution in [0, 0.1) is 6.92 Å². The maximum Gasteiger partial charge on any atom is 0.416 e. The second kappa shape index (κ2) is 10.8. The zero-order chi connectivity index (χ0) is 28.5. The molecule has 1 atom stereocenters. The monoisotopic (exact) mass is 539 g/mol. The summed E-state index contributed by atoms with van der Waals surface area (Å²) >= 11 is 0. The molecular formula is C30H28F3NO5. The average molecular weight is 540 g/mol. The molecule has 9 heteroatoms. The van der Waals surface area contributed by atoms with Gasteiger partial charge in [0, 0.05) is 12.1 Å². The van der Waals surface area contributed by atoms with Gasteiger partial charge in [0.1, 0.15) is 17.3 Å². The fourth-order valence-electron chi connectivity index (χ4n) is 4.58. The Balaban J connectivity index is 1.84. The van der Waals surface area contributed by atoms with Crippen LogP contribution in [0.4, 0.5) is 13.2 Å². The van der Waals surface area contributed by atoms with Gasteiger partial charge in [-0.15, -0.1) is 0 Å². The summed E-state index contributed by atoms with van der Waals surface area (Å²) in [6.07, 6.45) is -4.64. The van der Waals surface area contributed by atoms with Crippen molar-refractivity contribution in [3.8, 4) is 11.5 Å². The topological polar surface area (TPSA) is 76.1 Å². The lowest BCUT2D eigenvalue weighted by Gasteiger charge is -2.26. The summed E-state index contributed by atoms with van der Waals surface area (Å²) < 4.78 is 51.1. The van der Waals surface area contributed by atoms with Gasteiger partial charge in [-0.2, -0.15) is 13.2 Å². The molecule has 0 aliphatic carbocycles. The Hall–Kier alpha value is -4.27. The number of likely N-dealkylation sites (tertiary alicyclic amines) is 1. The number of alkyl halides is 3. The van der Waals surface area contributed by atoms with Crippen molar-refractivity contribution >= 4 is 17.4 Å². The van der Waals surface area contributed by atoms with Gasteiger partial charge in [0.15, 0.2) is 0 Å². The number of rotatable bonds is 7. The molecule has 1 N–H and O–H groups in total. The van der Waals surface area contributed by atoms with Crippen LogP contribution in [0.15, 0.2) is 72.3 Å². The van der Waals surface area contributed by atoms with Gasteiger partial charge in [-0.3, -0.25) is 9.59 Å². The first kappa shape index (κ1) is 27.8. The minimum Gasteiger partial charge on any atom is -0.507 e. The van der Waals surface area contributed by atoms with E-state index in [1.165, 1.54) is 24.1 Å². The fourth-order valence-corrected chi connectivity index (χ4v) is 4.58. The molecule has 4 rings (SSSR count). The molecule has 1 saturated heterocycles. The standard InChI is InChI=1S/C30H28F3NO5/c1-17(2)39-24-12-11-21(13-18(24)3)27(35)25-26(20-8-6-10-23(15-20)38-4)34(29(37)28(25)36)16-19-7-5-9-22(14-19)30(31,32)33/h5-15,17,26,35H,16H2,1-4H3/b27-25+. The Bertz CT molecular complexity index is 1440. The highest BCUT2D eigenvalue weighted by atomic mass is 19.4. The van der Waals surface area contributed by atoms with E-state index in [1.54, 1.807) is 49.4 Å². The van der Waals surface area contributed by atoms with Crippen molar-refractivity contribution in [2.45, 2.75) is 45.6 Å². The molecule has 3 aromatic carbocycles. The number of aliphatic hydroxyl groups is 1. The number of ether oxygens (including phenoxy) is 2. The number of benzene rings is 3. The van der Waals surface area contributed by atoms with E-state index >= 15 is 0 Å². The van der Waals surface area contributed by atoms with Gasteiger partial charge in [-0.25, -0.2) is 0 Å². The van der Waals surface area contributed by atoms with E-state index in [4.69, 9.17) is 9.47 Å². The maximum atomic E-state index is 13.3. The minimum absolute atomic E-state index is 0.0719. The molecule has 1 aliphatic heterocycles. The summed E-state index contributed by atoms with van der Waals surface area (Å²) in [6, 6.07) is 15.0. The second-order valence-corrected chi connectivity index (χ2v) is 9.55. The van der Waals surface area contributed by atoms with Gasteiger partial charge in [0.25, 0.3) is 11.7 Å². The van der Waals surface area contributed by atoms with E-state index in [9.17, 15) is 27.9 Å². The number of halogens is 3. The van der Waals surface area contributed by atoms with Crippen LogP contribution >= 0.6 is 0 Å². The molecule has 0 bridgehead atoms. The van der Waals surface area contributed by atoms with E-state index in [2.05, 4.69) is 0 Å². The van der Waals surface area contributed by atoms with Crippen LogP contribution in [0.25, 0.3) is 5.76 Å². The van der Waals surface area contributed by atoms with E-state index in [-0.39, 0.29) is 23.8 Å². The van der Waals surface area contributed by atoms with E-state index in [1.807, 2.05) is 13.8 Å². The molecule has 39 heavy (non-hydrogen) atoms. The molecule has 1 unspecified atom stereocenters. The molecule has 6 nitrogen and oxygen atoms in total. The largest absolute Gasteiger partial charge is 0.507 e. The summed E-state index contributed by atoms with van der Waals surface area (Å²) in [5.41, 5.74) is 0.618. The lowest BCUT2D eigenvalue weighted by molar-refractivity contribution is -0.140. The number of Topliss-reactive ketones (excluding diaryl/α,β-unsaturated/α-hetero) is 1. The van der Waals surface area contributed by atoms with Crippen molar-refractivity contribution in [2.75, 3.05) is 7.11 Å². The first-order valence-corrected chi connectivity index (χ1v) is 12.3. The molecule has 0 spiro atoms. The van der Waals surface area contributed by atoms with Crippen LogP contribution in [0.3, 0.4) is 0 Å². The highest BCUT2D eigenvalue weighted by Crippen LogP contribution is 2.42. The van der Waals surface area contributed by atoms with E-state index < -0.39 is 35.2 Å². The smallest absolute Gasteiger partial charge is 0.416 e. The molecule has 204 valence electrons. The Labute approximate surface area is 224 Å². The molecule has 3 aromatic rings. The first-order valence-electron chi connectivity index (χ1n) is 12.3. The van der Waals surface area contributed by atoms with Crippen LogP contribution in [0.1, 0.15) is 47.7 Å². The van der Waals surface area contributed by atoms with Crippen LogP contribution < -0.4 is 9.47 Å². The quantitative estimate of drug-likeness (QED) is 0.213. The zero-order valence-corrected chi connectivity index (χ0v) is 21.9. The van der Waals surface area contributed by atoms with Gasteiger partial charge in [0.05, 0.1) is 30.4 Å². The predicted molar refractivity (Wildman–Crippen MR) is 139 cm³/mol. The minimum atomic E-state index is -4.57. The van der Waals surface area contributed by atoms with Crippen molar-refractivity contribution in [2.24, 2.45) is 0 Å². The number of nitrogens with zero attached hydrogens (tertiary/aromatic N) is 1. The second-order valence-electron chi connectivity index (χ2n) is 9.55. The number of carbonyl (C=O) groups is 2. The molecule has 1 amide bonds. The van der Waals surface area contributed by atoms with Gasteiger partial charge < -0.3 is 19.5 Å². The maximum absolute atomic E-state index is 13.3. The lowest BCUT2D eigenvalue weighted by Crippen LogP contribution is -2.29. The fraction of sp³-hybridized carbons (Fsp3) is 0.267. The highest BCUT2D eigenvalue weighted by molar-refractivity contribution is 6.46. The van der Waals surface area contributed by atoms with Crippen molar-refractivity contribution < 1.29 is 37.3 Å². The number of hydrogen-bond donors (Lipinski definition) is 1. The van der Waals surface area contributed by atoms with Crippen molar-refractivity contribution in [1.29, 1.82) is 0 Å². The number of hydrogen-bond acceptors (Lipinski definition) is 5. The number of aryl methyl sites for hydroxylation is 1. The average Bonchev–Trinajstić information content (AvgIpc) is 3.14. The summed E-state index contributed by atoms with van der Waals surface area (Å²) in [7, 11) is 1.46.